The average Bonchev–Trinajstić information content (AvgIpc) is 2.82. The lowest BCUT2D eigenvalue weighted by Gasteiger charge is -2.12. The van der Waals surface area contributed by atoms with Crippen LogP contribution in [0.25, 0.3) is 0 Å². The van der Waals surface area contributed by atoms with Crippen LogP contribution < -0.4 is 15.6 Å². The van der Waals surface area contributed by atoms with Gasteiger partial charge in [0.1, 0.15) is 17.7 Å². The lowest BCUT2D eigenvalue weighted by atomic mass is 10.1. The van der Waals surface area contributed by atoms with Crippen molar-refractivity contribution in [2.24, 2.45) is 0 Å². The summed E-state index contributed by atoms with van der Waals surface area (Å²) in [6.07, 6.45) is 1.97. The van der Waals surface area contributed by atoms with Gasteiger partial charge in [-0.05, 0) is 18.2 Å². The Hall–Kier alpha value is -2.37. The molecular weight excluding hydrogens is 261 g/mol. The first-order valence-electron chi connectivity index (χ1n) is 6.36. The van der Waals surface area contributed by atoms with Crippen molar-refractivity contribution >= 4 is 5.69 Å². The summed E-state index contributed by atoms with van der Waals surface area (Å²) in [6, 6.07) is 5.93. The summed E-state index contributed by atoms with van der Waals surface area (Å²) >= 11 is 0. The van der Waals surface area contributed by atoms with Gasteiger partial charge in [-0.15, -0.1) is 0 Å². The Kier molecular flexibility index (Phi) is 3.14. The van der Waals surface area contributed by atoms with Crippen LogP contribution in [-0.4, -0.2) is 22.9 Å². The van der Waals surface area contributed by atoms with E-state index in [2.05, 4.69) is 10.4 Å². The van der Waals surface area contributed by atoms with Crippen molar-refractivity contribution in [1.29, 1.82) is 0 Å². The molecule has 0 amide bonds. The zero-order chi connectivity index (χ0) is 14.1. The van der Waals surface area contributed by atoms with E-state index in [9.17, 15) is 9.18 Å². The Labute approximate surface area is 115 Å². The van der Waals surface area contributed by atoms with Gasteiger partial charge in [-0.25, -0.2) is 9.07 Å². The van der Waals surface area contributed by atoms with Crippen LogP contribution >= 0.6 is 0 Å². The molecule has 1 aromatic carbocycles. The van der Waals surface area contributed by atoms with Gasteiger partial charge in [0.25, 0.3) is 5.56 Å². The number of hydrogen-bond donors (Lipinski definition) is 1. The molecule has 0 saturated carbocycles. The molecule has 5 nitrogen and oxygen atoms in total. The number of ether oxygens (including phenoxy) is 1. The second-order valence-electron chi connectivity index (χ2n) is 4.71. The van der Waals surface area contributed by atoms with Gasteiger partial charge >= 0.3 is 0 Å². The Morgan fingerprint density at radius 3 is 3.10 bits per heavy atom. The maximum atomic E-state index is 13.1. The van der Waals surface area contributed by atoms with Crippen LogP contribution in [0.1, 0.15) is 5.56 Å². The zero-order valence-electron chi connectivity index (χ0n) is 11.0. The fourth-order valence-electron chi connectivity index (χ4n) is 2.29. The van der Waals surface area contributed by atoms with Crippen LogP contribution in [-0.2, 0) is 13.0 Å². The second kappa shape index (κ2) is 4.96. The summed E-state index contributed by atoms with van der Waals surface area (Å²) in [6.45, 7) is 0.346. The summed E-state index contributed by atoms with van der Waals surface area (Å²) in [5.41, 5.74) is 1.31. The number of halogens is 1. The van der Waals surface area contributed by atoms with E-state index in [1.54, 1.807) is 19.3 Å². The number of aromatic nitrogens is 2. The highest BCUT2D eigenvalue weighted by Gasteiger charge is 2.24. The monoisotopic (exact) mass is 275 g/mol. The third kappa shape index (κ3) is 2.36. The molecule has 1 atom stereocenters. The SMILES string of the molecule is CNc1cnn(CC2Cc3cc(F)ccc3O2)c(=O)c1. The standard InChI is InChI=1S/C14H14FN3O2/c1-16-11-6-14(19)18(17-7-11)8-12-5-9-4-10(15)2-3-13(9)20-12/h2-4,6-7,12,16H,5,8H2,1H3. The second-order valence-corrected chi connectivity index (χ2v) is 4.71. The summed E-state index contributed by atoms with van der Waals surface area (Å²) < 4.78 is 20.2. The summed E-state index contributed by atoms with van der Waals surface area (Å²) in [7, 11) is 1.73. The quantitative estimate of drug-likeness (QED) is 0.920. The Morgan fingerprint density at radius 2 is 2.35 bits per heavy atom. The van der Waals surface area contributed by atoms with Gasteiger partial charge in [0.05, 0.1) is 18.4 Å². The van der Waals surface area contributed by atoms with Crippen LogP contribution in [0, 0.1) is 5.82 Å². The maximum Gasteiger partial charge on any atom is 0.268 e. The molecule has 20 heavy (non-hydrogen) atoms. The Morgan fingerprint density at radius 1 is 1.50 bits per heavy atom. The average molecular weight is 275 g/mol. The molecule has 0 saturated heterocycles. The lowest BCUT2D eigenvalue weighted by molar-refractivity contribution is 0.200. The molecule has 3 rings (SSSR count). The molecular formula is C14H14FN3O2. The van der Waals surface area contributed by atoms with Gasteiger partial charge in [-0.3, -0.25) is 4.79 Å². The van der Waals surface area contributed by atoms with Crippen molar-refractivity contribution in [1.82, 2.24) is 9.78 Å². The van der Waals surface area contributed by atoms with Crippen LogP contribution in [0.15, 0.2) is 35.3 Å². The van der Waals surface area contributed by atoms with E-state index < -0.39 is 0 Å². The topological polar surface area (TPSA) is 56.1 Å². The highest BCUT2D eigenvalue weighted by Crippen LogP contribution is 2.29. The normalized spacial score (nSPS) is 16.6. The third-order valence-electron chi connectivity index (χ3n) is 3.30. The van der Waals surface area contributed by atoms with Crippen LogP contribution in [0.4, 0.5) is 10.1 Å². The molecule has 0 spiro atoms. The molecule has 0 fully saturated rings. The smallest absolute Gasteiger partial charge is 0.268 e. The zero-order valence-corrected chi connectivity index (χ0v) is 11.0. The number of hydrogen-bond acceptors (Lipinski definition) is 4. The molecule has 1 aliphatic rings. The number of anilines is 1. The molecule has 0 radical (unpaired) electrons. The summed E-state index contributed by atoms with van der Waals surface area (Å²) in [4.78, 5) is 11.9. The van der Waals surface area contributed by atoms with E-state index in [1.165, 1.54) is 22.9 Å². The fourth-order valence-corrected chi connectivity index (χ4v) is 2.29. The summed E-state index contributed by atoms with van der Waals surface area (Å²) in [5.74, 6) is 0.401. The van der Waals surface area contributed by atoms with E-state index in [0.717, 1.165) is 5.56 Å². The molecule has 1 aromatic heterocycles. The molecule has 0 bridgehead atoms. The molecule has 1 N–H and O–H groups in total. The number of rotatable bonds is 3. The minimum atomic E-state index is -0.276. The first-order chi connectivity index (χ1) is 9.65. The van der Waals surface area contributed by atoms with E-state index >= 15 is 0 Å². The number of nitrogens with one attached hydrogen (secondary N) is 1. The van der Waals surface area contributed by atoms with Crippen molar-refractivity contribution in [2.75, 3.05) is 12.4 Å². The molecule has 2 aromatic rings. The van der Waals surface area contributed by atoms with Crippen molar-refractivity contribution in [3.63, 3.8) is 0 Å². The van der Waals surface area contributed by atoms with Gasteiger partial charge < -0.3 is 10.1 Å². The van der Waals surface area contributed by atoms with Gasteiger partial charge in [0.15, 0.2) is 0 Å². The van der Waals surface area contributed by atoms with Crippen LogP contribution in [0.2, 0.25) is 0 Å². The molecule has 1 aliphatic heterocycles. The molecule has 0 aliphatic carbocycles. The molecule has 1 unspecified atom stereocenters. The van der Waals surface area contributed by atoms with E-state index in [4.69, 9.17) is 4.74 Å². The van der Waals surface area contributed by atoms with E-state index in [1.807, 2.05) is 0 Å². The largest absolute Gasteiger partial charge is 0.488 e. The molecule has 2 heterocycles. The van der Waals surface area contributed by atoms with E-state index in [-0.39, 0.29) is 17.5 Å². The van der Waals surface area contributed by atoms with Gasteiger partial charge in [0, 0.05) is 25.1 Å². The first kappa shape index (κ1) is 12.7. The number of nitrogens with zero attached hydrogens (tertiary/aromatic N) is 2. The van der Waals surface area contributed by atoms with E-state index in [0.29, 0.717) is 24.4 Å². The molecule has 6 heteroatoms. The minimum absolute atomic E-state index is 0.192. The van der Waals surface area contributed by atoms with Gasteiger partial charge in [-0.1, -0.05) is 0 Å². The van der Waals surface area contributed by atoms with Gasteiger partial charge in [0.2, 0.25) is 0 Å². The van der Waals surface area contributed by atoms with Crippen molar-refractivity contribution in [2.45, 2.75) is 19.1 Å². The predicted octanol–water partition coefficient (Wildman–Crippen LogP) is 1.43. The van der Waals surface area contributed by atoms with Crippen molar-refractivity contribution in [3.05, 3.63) is 52.2 Å². The predicted molar refractivity (Wildman–Crippen MR) is 72.6 cm³/mol. The maximum absolute atomic E-state index is 13.1. The minimum Gasteiger partial charge on any atom is -0.488 e. The van der Waals surface area contributed by atoms with Crippen molar-refractivity contribution in [3.8, 4) is 5.75 Å². The van der Waals surface area contributed by atoms with Crippen LogP contribution in [0.3, 0.4) is 0 Å². The molecule has 104 valence electrons. The summed E-state index contributed by atoms with van der Waals surface area (Å²) in [5, 5.41) is 6.94. The third-order valence-corrected chi connectivity index (χ3v) is 3.30. The first-order valence-corrected chi connectivity index (χ1v) is 6.36. The lowest BCUT2D eigenvalue weighted by Crippen LogP contribution is -2.30. The number of benzene rings is 1. The van der Waals surface area contributed by atoms with Gasteiger partial charge in [-0.2, -0.15) is 5.10 Å². The van der Waals surface area contributed by atoms with Crippen LogP contribution in [0.5, 0.6) is 5.75 Å². The fraction of sp³-hybridized carbons (Fsp3) is 0.286. The highest BCUT2D eigenvalue weighted by atomic mass is 19.1. The number of fused-ring (bicyclic) bond motifs is 1. The Bertz CT molecular complexity index is 699. The Balaban J connectivity index is 1.76. The highest BCUT2D eigenvalue weighted by molar-refractivity contribution is 5.38. The van der Waals surface area contributed by atoms with Crippen molar-refractivity contribution < 1.29 is 9.13 Å².